The van der Waals surface area contributed by atoms with E-state index in [2.05, 4.69) is 31.9 Å². The van der Waals surface area contributed by atoms with Gasteiger partial charge in [0.15, 0.2) is 11.8 Å². The van der Waals surface area contributed by atoms with Crippen LogP contribution in [-0.4, -0.2) is 34.3 Å². The van der Waals surface area contributed by atoms with E-state index in [1.54, 1.807) is 12.6 Å². The molecule has 0 spiro atoms. The number of nitrogens with one attached hydrogen (secondary N) is 2. The maximum Gasteiger partial charge on any atom is 0.191 e. The monoisotopic (exact) mass is 290 g/mol. The molecule has 116 valence electrons. The number of aliphatic imine (C=N–C) groups is 1. The van der Waals surface area contributed by atoms with Crippen LogP contribution in [0.1, 0.15) is 43.8 Å². The average Bonchev–Trinajstić information content (AvgIpc) is 2.83. The fourth-order valence-electron chi connectivity index (χ4n) is 2.46. The van der Waals surface area contributed by atoms with Gasteiger partial charge < -0.3 is 15.2 Å². The fourth-order valence-corrected chi connectivity index (χ4v) is 2.46. The summed E-state index contributed by atoms with van der Waals surface area (Å²) < 4.78 is 1.98. The fraction of sp³-hybridized carbons (Fsp3) is 0.667. The van der Waals surface area contributed by atoms with Gasteiger partial charge in [-0.15, -0.1) is 10.2 Å². The van der Waals surface area contributed by atoms with Gasteiger partial charge in [0.1, 0.15) is 5.82 Å². The molecule has 2 N–H and O–H groups in total. The molecule has 6 heteroatoms. The zero-order valence-corrected chi connectivity index (χ0v) is 13.3. The van der Waals surface area contributed by atoms with Crippen molar-refractivity contribution < 1.29 is 0 Å². The van der Waals surface area contributed by atoms with Gasteiger partial charge in [-0.25, -0.2) is 0 Å². The number of rotatable bonds is 5. The zero-order valence-electron chi connectivity index (χ0n) is 13.3. The molecule has 0 saturated carbocycles. The minimum atomic E-state index is 0.625. The molecular weight excluding hydrogens is 264 g/mol. The molecule has 1 aliphatic rings. The van der Waals surface area contributed by atoms with E-state index in [1.165, 1.54) is 25.7 Å². The van der Waals surface area contributed by atoms with Gasteiger partial charge in [0, 0.05) is 20.6 Å². The highest BCUT2D eigenvalue weighted by Gasteiger charge is 2.06. The summed E-state index contributed by atoms with van der Waals surface area (Å²) in [5, 5.41) is 14.8. The number of allylic oxidation sites excluding steroid dienone is 1. The molecule has 0 bridgehead atoms. The molecule has 0 radical (unpaired) electrons. The predicted octanol–water partition coefficient (Wildman–Crippen LogP) is 1.68. The smallest absolute Gasteiger partial charge is 0.191 e. The van der Waals surface area contributed by atoms with Crippen LogP contribution in [0.15, 0.2) is 16.6 Å². The topological polar surface area (TPSA) is 67.1 Å². The molecule has 0 unspecified atom stereocenters. The van der Waals surface area contributed by atoms with E-state index in [0.29, 0.717) is 6.54 Å². The number of aromatic nitrogens is 3. The van der Waals surface area contributed by atoms with Crippen molar-refractivity contribution in [1.82, 2.24) is 25.4 Å². The van der Waals surface area contributed by atoms with Gasteiger partial charge in [-0.2, -0.15) is 0 Å². The normalized spacial score (nSPS) is 15.8. The van der Waals surface area contributed by atoms with E-state index in [-0.39, 0.29) is 0 Å². The highest BCUT2D eigenvalue weighted by molar-refractivity contribution is 5.79. The first kappa shape index (κ1) is 15.5. The third-order valence-electron chi connectivity index (χ3n) is 3.94. The first-order valence-corrected chi connectivity index (χ1v) is 7.68. The summed E-state index contributed by atoms with van der Waals surface area (Å²) >= 11 is 0. The minimum absolute atomic E-state index is 0.625. The van der Waals surface area contributed by atoms with Crippen LogP contribution in [0.3, 0.4) is 0 Å². The molecule has 0 atom stereocenters. The zero-order chi connectivity index (χ0) is 15.1. The van der Waals surface area contributed by atoms with Crippen LogP contribution in [0, 0.1) is 6.92 Å². The minimum Gasteiger partial charge on any atom is -0.356 e. The van der Waals surface area contributed by atoms with Crippen LogP contribution in [-0.2, 0) is 13.6 Å². The standard InChI is InChI=1S/C15H26N6/c1-12-19-20-14(21(12)3)11-18-15(16-2)17-10-9-13-7-5-4-6-8-13/h7H,4-6,8-11H2,1-3H3,(H2,16,17,18). The highest BCUT2D eigenvalue weighted by Crippen LogP contribution is 2.19. The Morgan fingerprint density at radius 3 is 2.81 bits per heavy atom. The summed E-state index contributed by atoms with van der Waals surface area (Å²) in [5.74, 6) is 2.64. The first-order valence-electron chi connectivity index (χ1n) is 7.68. The third-order valence-corrected chi connectivity index (χ3v) is 3.94. The summed E-state index contributed by atoms with van der Waals surface area (Å²) in [7, 11) is 3.76. The molecule has 1 heterocycles. The maximum absolute atomic E-state index is 4.24. The molecule has 1 aliphatic carbocycles. The molecule has 1 aromatic heterocycles. The first-order chi connectivity index (χ1) is 10.2. The Morgan fingerprint density at radius 2 is 2.19 bits per heavy atom. The molecule has 21 heavy (non-hydrogen) atoms. The van der Waals surface area contributed by atoms with Crippen LogP contribution in [0.2, 0.25) is 0 Å². The lowest BCUT2D eigenvalue weighted by atomic mass is 9.97. The second-order valence-corrected chi connectivity index (χ2v) is 5.43. The number of guanidine groups is 1. The summed E-state index contributed by atoms with van der Waals surface area (Å²) in [6.07, 6.45) is 8.68. The van der Waals surface area contributed by atoms with Gasteiger partial charge in [-0.05, 0) is 39.0 Å². The van der Waals surface area contributed by atoms with Crippen molar-refractivity contribution in [2.75, 3.05) is 13.6 Å². The van der Waals surface area contributed by atoms with Crippen molar-refractivity contribution in [3.63, 3.8) is 0 Å². The summed E-state index contributed by atoms with van der Waals surface area (Å²) in [4.78, 5) is 4.24. The summed E-state index contributed by atoms with van der Waals surface area (Å²) in [6, 6.07) is 0. The Kier molecular flexibility index (Phi) is 5.78. The summed E-state index contributed by atoms with van der Waals surface area (Å²) in [5.41, 5.74) is 1.58. The Morgan fingerprint density at radius 1 is 1.33 bits per heavy atom. The third kappa shape index (κ3) is 4.58. The van der Waals surface area contributed by atoms with Gasteiger partial charge in [0.25, 0.3) is 0 Å². The Hall–Kier alpha value is -1.85. The van der Waals surface area contributed by atoms with E-state index in [4.69, 9.17) is 0 Å². The van der Waals surface area contributed by atoms with Crippen molar-refractivity contribution in [3.8, 4) is 0 Å². The lowest BCUT2D eigenvalue weighted by molar-refractivity contribution is 0.662. The number of hydrogen-bond donors (Lipinski definition) is 2. The van der Waals surface area contributed by atoms with E-state index in [9.17, 15) is 0 Å². The van der Waals surface area contributed by atoms with Crippen molar-refractivity contribution in [1.29, 1.82) is 0 Å². The van der Waals surface area contributed by atoms with Gasteiger partial charge >= 0.3 is 0 Å². The van der Waals surface area contributed by atoms with Crippen molar-refractivity contribution in [2.45, 2.75) is 45.6 Å². The number of hydrogen-bond acceptors (Lipinski definition) is 3. The lowest BCUT2D eigenvalue weighted by Crippen LogP contribution is -2.38. The maximum atomic E-state index is 4.24. The molecule has 2 rings (SSSR count). The van der Waals surface area contributed by atoms with Gasteiger partial charge in [-0.1, -0.05) is 11.6 Å². The Bertz CT molecular complexity index is 514. The second kappa shape index (κ2) is 7.81. The van der Waals surface area contributed by atoms with Gasteiger partial charge in [0.2, 0.25) is 0 Å². The van der Waals surface area contributed by atoms with Crippen LogP contribution >= 0.6 is 0 Å². The van der Waals surface area contributed by atoms with E-state index >= 15 is 0 Å². The van der Waals surface area contributed by atoms with Crippen molar-refractivity contribution in [3.05, 3.63) is 23.3 Å². The lowest BCUT2D eigenvalue weighted by Gasteiger charge is -2.15. The second-order valence-electron chi connectivity index (χ2n) is 5.43. The number of nitrogens with zero attached hydrogens (tertiary/aromatic N) is 4. The van der Waals surface area contributed by atoms with Crippen molar-refractivity contribution in [2.24, 2.45) is 12.0 Å². The van der Waals surface area contributed by atoms with Gasteiger partial charge in [-0.3, -0.25) is 4.99 Å². The van der Waals surface area contributed by atoms with E-state index < -0.39 is 0 Å². The van der Waals surface area contributed by atoms with E-state index in [1.807, 2.05) is 18.5 Å². The molecule has 0 saturated heterocycles. The molecule has 0 aliphatic heterocycles. The van der Waals surface area contributed by atoms with E-state index in [0.717, 1.165) is 30.6 Å². The van der Waals surface area contributed by atoms with Crippen LogP contribution in [0.25, 0.3) is 0 Å². The average molecular weight is 290 g/mol. The molecule has 1 aromatic rings. The molecule has 0 aromatic carbocycles. The van der Waals surface area contributed by atoms with Gasteiger partial charge in [0.05, 0.1) is 6.54 Å². The molecule has 0 fully saturated rings. The SMILES string of the molecule is CN=C(NCCC1=CCCCC1)NCc1nnc(C)n1C. The predicted molar refractivity (Wildman–Crippen MR) is 85.1 cm³/mol. The molecular formula is C15H26N6. The number of aryl methyl sites for hydroxylation is 1. The van der Waals surface area contributed by atoms with Crippen LogP contribution in [0.4, 0.5) is 0 Å². The van der Waals surface area contributed by atoms with Crippen LogP contribution in [0.5, 0.6) is 0 Å². The Labute approximate surface area is 126 Å². The Balaban J connectivity index is 1.73. The van der Waals surface area contributed by atoms with Crippen LogP contribution < -0.4 is 10.6 Å². The summed E-state index contributed by atoms with van der Waals surface area (Å²) in [6.45, 7) is 3.49. The quantitative estimate of drug-likeness (QED) is 0.492. The molecule has 6 nitrogen and oxygen atoms in total. The molecule has 0 amide bonds. The highest BCUT2D eigenvalue weighted by atomic mass is 15.3. The van der Waals surface area contributed by atoms with Crippen molar-refractivity contribution >= 4 is 5.96 Å². The largest absolute Gasteiger partial charge is 0.356 e.